The van der Waals surface area contributed by atoms with E-state index in [0.29, 0.717) is 19.0 Å². The molecule has 2 heterocycles. The van der Waals surface area contributed by atoms with Gasteiger partial charge in [-0.1, -0.05) is 31.2 Å². The Bertz CT molecular complexity index is 756. The molecule has 25 heavy (non-hydrogen) atoms. The number of aliphatic carboxylic acids is 1. The fraction of sp³-hybridized carbons (Fsp3) is 0.368. The van der Waals surface area contributed by atoms with Gasteiger partial charge in [0.2, 0.25) is 0 Å². The summed E-state index contributed by atoms with van der Waals surface area (Å²) >= 11 is 0. The lowest BCUT2D eigenvalue weighted by atomic mass is 9.90. The molecule has 0 unspecified atom stereocenters. The molecule has 0 spiro atoms. The van der Waals surface area contributed by atoms with Gasteiger partial charge in [-0.15, -0.1) is 0 Å². The van der Waals surface area contributed by atoms with Crippen LogP contribution in [0.3, 0.4) is 0 Å². The Morgan fingerprint density at radius 3 is 2.40 bits per heavy atom. The van der Waals surface area contributed by atoms with Gasteiger partial charge in [0.05, 0.1) is 0 Å². The lowest BCUT2D eigenvalue weighted by Gasteiger charge is -2.33. The van der Waals surface area contributed by atoms with Crippen LogP contribution in [-0.2, 0) is 16.0 Å². The summed E-state index contributed by atoms with van der Waals surface area (Å²) in [7, 11) is 0. The highest BCUT2D eigenvalue weighted by Crippen LogP contribution is 2.25. The molecule has 2 aromatic rings. The van der Waals surface area contributed by atoms with Gasteiger partial charge in [0.15, 0.2) is 5.76 Å². The first-order valence-electron chi connectivity index (χ1n) is 8.37. The molecule has 1 aliphatic rings. The number of carbonyl (C=O) groups excluding carboxylic acids is 1. The molecule has 3 rings (SSSR count). The van der Waals surface area contributed by atoms with Crippen LogP contribution in [0.25, 0.3) is 11.3 Å². The fourth-order valence-corrected chi connectivity index (χ4v) is 2.91. The first-order chi connectivity index (χ1) is 12.0. The van der Waals surface area contributed by atoms with Crippen molar-refractivity contribution in [3.05, 3.63) is 47.7 Å². The average molecular weight is 343 g/mol. The summed E-state index contributed by atoms with van der Waals surface area (Å²) in [5, 5.41) is 12.1. The third-order valence-electron chi connectivity index (χ3n) is 4.59. The third-order valence-corrected chi connectivity index (χ3v) is 4.59. The highest BCUT2D eigenvalue weighted by Gasteiger charge is 2.42. The Labute approximate surface area is 145 Å². The number of carboxylic acids is 1. The van der Waals surface area contributed by atoms with Crippen molar-refractivity contribution in [1.82, 2.24) is 5.32 Å². The predicted molar refractivity (Wildman–Crippen MR) is 91.4 cm³/mol. The van der Waals surface area contributed by atoms with E-state index in [-0.39, 0.29) is 18.6 Å². The molecule has 1 saturated heterocycles. The Balaban J connectivity index is 1.76. The second-order valence-electron chi connectivity index (χ2n) is 6.17. The van der Waals surface area contributed by atoms with Crippen LogP contribution in [0.2, 0.25) is 0 Å². The third kappa shape index (κ3) is 3.58. The van der Waals surface area contributed by atoms with Crippen LogP contribution in [0.5, 0.6) is 0 Å². The molecule has 0 saturated carbocycles. The SMILES string of the molecule is CCc1ccc(-c2ccc(C(=O)NC3(C(=O)O)CCOCC3)o2)cc1. The minimum absolute atomic E-state index is 0.0988. The van der Waals surface area contributed by atoms with Gasteiger partial charge in [0.25, 0.3) is 5.91 Å². The van der Waals surface area contributed by atoms with Crippen molar-refractivity contribution in [3.63, 3.8) is 0 Å². The van der Waals surface area contributed by atoms with Crippen LogP contribution in [0, 0.1) is 0 Å². The van der Waals surface area contributed by atoms with Gasteiger partial charge in [-0.2, -0.15) is 0 Å². The number of carboxylic acid groups (broad SMARTS) is 1. The molecule has 6 heteroatoms. The highest BCUT2D eigenvalue weighted by molar-refractivity contribution is 5.96. The van der Waals surface area contributed by atoms with Crippen molar-refractivity contribution < 1.29 is 23.8 Å². The Hall–Kier alpha value is -2.60. The molecule has 1 aromatic carbocycles. The molecule has 2 N–H and O–H groups in total. The van der Waals surface area contributed by atoms with Crippen LogP contribution in [0.15, 0.2) is 40.8 Å². The lowest BCUT2D eigenvalue weighted by Crippen LogP contribution is -2.57. The standard InChI is InChI=1S/C19H21NO5/c1-2-13-3-5-14(6-4-13)15-7-8-16(25-15)17(21)20-19(18(22)23)9-11-24-12-10-19/h3-8H,2,9-12H2,1H3,(H,20,21)(H,22,23). The number of carbonyl (C=O) groups is 2. The summed E-state index contributed by atoms with van der Waals surface area (Å²) in [6.07, 6.45) is 1.42. The van der Waals surface area contributed by atoms with Crippen molar-refractivity contribution >= 4 is 11.9 Å². The van der Waals surface area contributed by atoms with Crippen molar-refractivity contribution in [2.45, 2.75) is 31.7 Å². The minimum Gasteiger partial charge on any atom is -0.480 e. The van der Waals surface area contributed by atoms with Crippen LogP contribution in [0.1, 0.15) is 35.9 Å². The van der Waals surface area contributed by atoms with E-state index in [1.807, 2.05) is 24.3 Å². The van der Waals surface area contributed by atoms with Crippen molar-refractivity contribution in [2.75, 3.05) is 13.2 Å². The van der Waals surface area contributed by atoms with Gasteiger partial charge in [0, 0.05) is 31.6 Å². The molecule has 132 valence electrons. The maximum absolute atomic E-state index is 12.5. The number of furan rings is 1. The second kappa shape index (κ2) is 7.11. The number of aryl methyl sites for hydroxylation is 1. The molecule has 1 fully saturated rings. The topological polar surface area (TPSA) is 88.8 Å². The van der Waals surface area contributed by atoms with Gasteiger partial charge in [-0.05, 0) is 24.1 Å². The van der Waals surface area contributed by atoms with Crippen molar-refractivity contribution in [2.24, 2.45) is 0 Å². The number of amides is 1. The number of hydrogen-bond donors (Lipinski definition) is 2. The van der Waals surface area contributed by atoms with Crippen LogP contribution in [0.4, 0.5) is 0 Å². The molecule has 6 nitrogen and oxygen atoms in total. The highest BCUT2D eigenvalue weighted by atomic mass is 16.5. The number of nitrogens with one attached hydrogen (secondary N) is 1. The normalized spacial score (nSPS) is 16.4. The number of ether oxygens (including phenoxy) is 1. The first-order valence-corrected chi connectivity index (χ1v) is 8.37. The van der Waals surface area contributed by atoms with Gasteiger partial charge >= 0.3 is 5.97 Å². The van der Waals surface area contributed by atoms with Crippen molar-refractivity contribution in [1.29, 1.82) is 0 Å². The van der Waals surface area contributed by atoms with Crippen LogP contribution >= 0.6 is 0 Å². The first kappa shape index (κ1) is 17.2. The fourth-order valence-electron chi connectivity index (χ4n) is 2.91. The summed E-state index contributed by atoms with van der Waals surface area (Å²) in [6, 6.07) is 11.2. The van der Waals surface area contributed by atoms with E-state index in [1.165, 1.54) is 5.56 Å². The smallest absolute Gasteiger partial charge is 0.329 e. The molecule has 1 amide bonds. The molecule has 0 bridgehead atoms. The molecule has 1 aromatic heterocycles. The zero-order valence-corrected chi connectivity index (χ0v) is 14.1. The minimum atomic E-state index is -1.30. The van der Waals surface area contributed by atoms with Gasteiger partial charge in [-0.3, -0.25) is 4.79 Å². The number of benzene rings is 1. The van der Waals surface area contributed by atoms with Gasteiger partial charge < -0.3 is 19.6 Å². The Morgan fingerprint density at radius 1 is 1.12 bits per heavy atom. The van der Waals surface area contributed by atoms with E-state index in [2.05, 4.69) is 12.2 Å². The number of hydrogen-bond acceptors (Lipinski definition) is 4. The van der Waals surface area contributed by atoms with E-state index < -0.39 is 17.4 Å². The summed E-state index contributed by atoms with van der Waals surface area (Å²) in [5.41, 5.74) is 0.789. The molecule has 1 aliphatic heterocycles. The average Bonchev–Trinajstić information content (AvgIpc) is 3.13. The Morgan fingerprint density at radius 2 is 1.80 bits per heavy atom. The van der Waals surface area contributed by atoms with E-state index in [0.717, 1.165) is 12.0 Å². The summed E-state index contributed by atoms with van der Waals surface area (Å²) in [6.45, 7) is 2.69. The van der Waals surface area contributed by atoms with Crippen LogP contribution in [-0.4, -0.2) is 35.7 Å². The Kier molecular flexibility index (Phi) is 4.90. The van der Waals surface area contributed by atoms with E-state index in [1.54, 1.807) is 12.1 Å². The monoisotopic (exact) mass is 343 g/mol. The van der Waals surface area contributed by atoms with Gasteiger partial charge in [-0.25, -0.2) is 4.79 Å². The second-order valence-corrected chi connectivity index (χ2v) is 6.17. The molecular formula is C19H21NO5. The largest absolute Gasteiger partial charge is 0.480 e. The van der Waals surface area contributed by atoms with E-state index >= 15 is 0 Å². The summed E-state index contributed by atoms with van der Waals surface area (Å²) in [5.74, 6) is -0.905. The van der Waals surface area contributed by atoms with Gasteiger partial charge in [0.1, 0.15) is 11.3 Å². The molecule has 0 atom stereocenters. The van der Waals surface area contributed by atoms with E-state index in [4.69, 9.17) is 9.15 Å². The maximum atomic E-state index is 12.5. The number of rotatable bonds is 5. The van der Waals surface area contributed by atoms with Crippen molar-refractivity contribution in [3.8, 4) is 11.3 Å². The zero-order valence-electron chi connectivity index (χ0n) is 14.1. The molecule has 0 radical (unpaired) electrons. The van der Waals surface area contributed by atoms with E-state index in [9.17, 15) is 14.7 Å². The zero-order chi connectivity index (χ0) is 17.9. The lowest BCUT2D eigenvalue weighted by molar-refractivity contribution is -0.148. The van der Waals surface area contributed by atoms with Crippen LogP contribution < -0.4 is 5.32 Å². The summed E-state index contributed by atoms with van der Waals surface area (Å²) < 4.78 is 10.8. The molecular weight excluding hydrogens is 322 g/mol. The molecule has 0 aliphatic carbocycles. The quantitative estimate of drug-likeness (QED) is 0.871. The maximum Gasteiger partial charge on any atom is 0.329 e. The summed E-state index contributed by atoms with van der Waals surface area (Å²) in [4.78, 5) is 24.1. The predicted octanol–water partition coefficient (Wildman–Crippen LogP) is 2.87.